The van der Waals surface area contributed by atoms with E-state index in [0.717, 1.165) is 18.7 Å². The van der Waals surface area contributed by atoms with Gasteiger partial charge in [0.2, 0.25) is 0 Å². The fourth-order valence-corrected chi connectivity index (χ4v) is 3.76. The number of piperazine rings is 1. The van der Waals surface area contributed by atoms with Crippen LogP contribution in [0.3, 0.4) is 0 Å². The minimum absolute atomic E-state index is 0.0900. The molecule has 0 amide bonds. The molecule has 4 nitrogen and oxygen atoms in total. The van der Waals surface area contributed by atoms with E-state index >= 15 is 0 Å². The number of carbonyl (C=O) groups is 1. The summed E-state index contributed by atoms with van der Waals surface area (Å²) in [7, 11) is 0. The molecule has 162 valence electrons. The first-order chi connectivity index (χ1) is 14.1. The van der Waals surface area contributed by atoms with Crippen molar-refractivity contribution in [2.45, 2.75) is 39.4 Å². The summed E-state index contributed by atoms with van der Waals surface area (Å²) in [6.07, 6.45) is -2.52. The van der Waals surface area contributed by atoms with Crippen molar-refractivity contribution < 1.29 is 18.0 Å². The quantitative estimate of drug-likeness (QED) is 0.637. The van der Waals surface area contributed by atoms with E-state index < -0.39 is 11.7 Å². The Morgan fingerprint density at radius 3 is 2.13 bits per heavy atom. The van der Waals surface area contributed by atoms with E-state index in [1.165, 1.54) is 11.6 Å². The number of nitrogens with zero attached hydrogens (tertiary/aromatic N) is 3. The molecule has 0 radical (unpaired) electrons. The van der Waals surface area contributed by atoms with Crippen LogP contribution in [0.25, 0.3) is 0 Å². The lowest BCUT2D eigenvalue weighted by Crippen LogP contribution is -2.52. The highest BCUT2D eigenvalue weighted by atomic mass is 19.4. The van der Waals surface area contributed by atoms with Crippen molar-refractivity contribution in [1.29, 1.82) is 0 Å². The van der Waals surface area contributed by atoms with E-state index in [1.54, 1.807) is 0 Å². The highest BCUT2D eigenvalue weighted by Crippen LogP contribution is 2.29. The molecule has 0 saturated carbocycles. The zero-order valence-corrected chi connectivity index (χ0v) is 17.6. The lowest BCUT2D eigenvalue weighted by Gasteiger charge is -2.38. The van der Waals surface area contributed by atoms with Gasteiger partial charge in [0.05, 0.1) is 11.6 Å². The van der Waals surface area contributed by atoms with Gasteiger partial charge in [-0.3, -0.25) is 9.69 Å². The number of anilines is 1. The van der Waals surface area contributed by atoms with Gasteiger partial charge in [-0.15, -0.1) is 0 Å². The molecule has 0 bridgehead atoms. The fourth-order valence-electron chi connectivity index (χ4n) is 3.76. The summed E-state index contributed by atoms with van der Waals surface area (Å²) in [5.41, 5.74) is 1.19. The molecule has 1 aromatic heterocycles. The summed E-state index contributed by atoms with van der Waals surface area (Å²) in [6.45, 7) is 8.78. The van der Waals surface area contributed by atoms with E-state index in [0.29, 0.717) is 43.5 Å². The number of pyridine rings is 1. The van der Waals surface area contributed by atoms with Gasteiger partial charge < -0.3 is 4.90 Å². The van der Waals surface area contributed by atoms with Gasteiger partial charge in [-0.1, -0.05) is 38.1 Å². The van der Waals surface area contributed by atoms with Crippen LogP contribution in [0.5, 0.6) is 0 Å². The zero-order chi connectivity index (χ0) is 21.9. The number of benzene rings is 1. The number of aromatic nitrogens is 1. The number of rotatable bonds is 6. The molecule has 0 aliphatic carbocycles. The molecule has 1 aliphatic heterocycles. The molecule has 1 fully saturated rings. The second-order valence-corrected chi connectivity index (χ2v) is 8.26. The summed E-state index contributed by atoms with van der Waals surface area (Å²) < 4.78 is 38.1. The van der Waals surface area contributed by atoms with E-state index in [4.69, 9.17) is 0 Å². The van der Waals surface area contributed by atoms with Crippen LogP contribution in [-0.4, -0.2) is 47.9 Å². The largest absolute Gasteiger partial charge is 0.417 e. The molecule has 3 rings (SSSR count). The first kappa shape index (κ1) is 22.3. The van der Waals surface area contributed by atoms with Gasteiger partial charge in [0, 0.05) is 37.9 Å². The predicted molar refractivity (Wildman–Crippen MR) is 112 cm³/mol. The van der Waals surface area contributed by atoms with E-state index in [-0.39, 0.29) is 11.8 Å². The standard InChI is InChI=1S/C23H28F3N3O/c1-16(2)14-18-4-6-19(7-5-18)22(30)17(3)28-10-12-29(13-11-28)21-9-8-20(15-27-21)23(24,25)26/h4-9,15-17H,10-14H2,1-3H3/t17-/m1/s1. The monoisotopic (exact) mass is 419 g/mol. The Bertz CT molecular complexity index is 839. The summed E-state index contributed by atoms with van der Waals surface area (Å²) in [5.74, 6) is 1.19. The first-order valence-electron chi connectivity index (χ1n) is 10.3. The van der Waals surface area contributed by atoms with Crippen LogP contribution in [0, 0.1) is 5.92 Å². The van der Waals surface area contributed by atoms with Crippen molar-refractivity contribution in [2.24, 2.45) is 5.92 Å². The smallest absolute Gasteiger partial charge is 0.354 e. The zero-order valence-electron chi connectivity index (χ0n) is 17.6. The van der Waals surface area contributed by atoms with Crippen LogP contribution >= 0.6 is 0 Å². The number of hydrogen-bond acceptors (Lipinski definition) is 4. The van der Waals surface area contributed by atoms with Crippen LogP contribution in [0.4, 0.5) is 19.0 Å². The molecular weight excluding hydrogens is 391 g/mol. The number of carbonyl (C=O) groups excluding carboxylic acids is 1. The minimum atomic E-state index is -4.38. The second kappa shape index (κ2) is 9.16. The number of ketones is 1. The predicted octanol–water partition coefficient (Wildman–Crippen LogP) is 4.69. The molecule has 1 atom stereocenters. The molecule has 0 unspecified atom stereocenters. The van der Waals surface area contributed by atoms with Crippen molar-refractivity contribution in [3.63, 3.8) is 0 Å². The second-order valence-electron chi connectivity index (χ2n) is 8.26. The fraction of sp³-hybridized carbons (Fsp3) is 0.478. The molecule has 1 aliphatic rings. The van der Waals surface area contributed by atoms with Gasteiger partial charge in [0.1, 0.15) is 5.82 Å². The topological polar surface area (TPSA) is 36.4 Å². The first-order valence-corrected chi connectivity index (χ1v) is 10.3. The van der Waals surface area contributed by atoms with Crippen molar-refractivity contribution in [1.82, 2.24) is 9.88 Å². The number of alkyl halides is 3. The molecule has 2 heterocycles. The van der Waals surface area contributed by atoms with E-state index in [9.17, 15) is 18.0 Å². The van der Waals surface area contributed by atoms with Crippen molar-refractivity contribution in [3.8, 4) is 0 Å². The SMILES string of the molecule is CC(C)Cc1ccc(C(=O)[C@@H](C)N2CCN(c3ccc(C(F)(F)F)cn3)CC2)cc1. The van der Waals surface area contributed by atoms with Gasteiger partial charge in [-0.25, -0.2) is 4.98 Å². The molecule has 1 aromatic carbocycles. The van der Waals surface area contributed by atoms with Gasteiger partial charge >= 0.3 is 6.18 Å². The third-order valence-corrected chi connectivity index (χ3v) is 5.52. The number of hydrogen-bond donors (Lipinski definition) is 0. The number of halogens is 3. The van der Waals surface area contributed by atoms with Crippen molar-refractivity contribution in [3.05, 3.63) is 59.3 Å². The Morgan fingerprint density at radius 2 is 1.63 bits per heavy atom. The van der Waals surface area contributed by atoms with Crippen LogP contribution in [0.2, 0.25) is 0 Å². The lowest BCUT2D eigenvalue weighted by molar-refractivity contribution is -0.137. The maximum absolute atomic E-state index is 12.9. The van der Waals surface area contributed by atoms with Gasteiger partial charge in [0.25, 0.3) is 0 Å². The summed E-state index contributed by atoms with van der Waals surface area (Å²) in [4.78, 5) is 20.9. The third-order valence-electron chi connectivity index (χ3n) is 5.52. The molecule has 30 heavy (non-hydrogen) atoms. The average molecular weight is 419 g/mol. The van der Waals surface area contributed by atoms with Crippen LogP contribution in [0.15, 0.2) is 42.6 Å². The van der Waals surface area contributed by atoms with Gasteiger partial charge in [-0.05, 0) is 37.0 Å². The Hall–Kier alpha value is -2.41. The highest BCUT2D eigenvalue weighted by Gasteiger charge is 2.31. The molecule has 2 aromatic rings. The van der Waals surface area contributed by atoms with Crippen molar-refractivity contribution in [2.75, 3.05) is 31.1 Å². The molecular formula is C23H28F3N3O. The normalized spacial score (nSPS) is 16.7. The van der Waals surface area contributed by atoms with E-state index in [2.05, 4.69) is 23.7 Å². The molecule has 0 spiro atoms. The average Bonchev–Trinajstić information content (AvgIpc) is 2.72. The maximum Gasteiger partial charge on any atom is 0.417 e. The maximum atomic E-state index is 12.9. The Kier molecular flexibility index (Phi) is 6.81. The van der Waals surface area contributed by atoms with Crippen LogP contribution < -0.4 is 4.90 Å². The highest BCUT2D eigenvalue weighted by molar-refractivity contribution is 5.99. The summed E-state index contributed by atoms with van der Waals surface area (Å²) in [6, 6.07) is 10.1. The Labute approximate surface area is 175 Å². The van der Waals surface area contributed by atoms with Crippen LogP contribution in [0.1, 0.15) is 42.3 Å². The Morgan fingerprint density at radius 1 is 1.00 bits per heavy atom. The lowest BCUT2D eigenvalue weighted by atomic mass is 9.98. The molecule has 7 heteroatoms. The van der Waals surface area contributed by atoms with Crippen molar-refractivity contribution >= 4 is 11.6 Å². The molecule has 1 saturated heterocycles. The summed E-state index contributed by atoms with van der Waals surface area (Å²) in [5, 5.41) is 0. The van der Waals surface area contributed by atoms with Gasteiger partial charge in [0.15, 0.2) is 5.78 Å². The van der Waals surface area contributed by atoms with Crippen LogP contribution in [-0.2, 0) is 12.6 Å². The number of Topliss-reactive ketones (excluding diaryl/α,β-unsaturated/α-hetero) is 1. The van der Waals surface area contributed by atoms with E-state index in [1.807, 2.05) is 36.1 Å². The minimum Gasteiger partial charge on any atom is -0.354 e. The Balaban J connectivity index is 1.57. The van der Waals surface area contributed by atoms with Gasteiger partial charge in [-0.2, -0.15) is 13.2 Å². The summed E-state index contributed by atoms with van der Waals surface area (Å²) >= 11 is 0. The molecule has 0 N–H and O–H groups in total. The third kappa shape index (κ3) is 5.39.